The molecule has 300 valence electrons. The standard InChI is InChI=1S/C18H32N2O27S4/c21-1-3-7(22)8(23)6(20-49(32,33)34)17(43-3)45-12-10(25)13(47-51(38,39)40)18(46-14(12)15(26)27)44-11-4(2-41-50(35,36)37)42-16(28)5(9(11)24)19-48(29,30)31/h3-14,16-25,28H,1-2H2,(H,26,27)(H,29,30,31)(H,32,33,34)(H,35,36,37)(H,38,39,40)/t3-,4-,5-,6-,7-,8-,9-,10+,11-,12+,13-,14-,16+,17-,18-/m1/s1. The number of ether oxygens (including phenoxy) is 5. The summed E-state index contributed by atoms with van der Waals surface area (Å²) in [6.07, 6.45) is -31.9. The highest BCUT2D eigenvalue weighted by atomic mass is 32.3. The molecule has 3 saturated heterocycles. The second kappa shape index (κ2) is 16.5. The van der Waals surface area contributed by atoms with Crippen LogP contribution in [0, 0.1) is 0 Å². The molecule has 0 aromatic heterocycles. The van der Waals surface area contributed by atoms with E-state index in [9.17, 15) is 83.3 Å². The molecular weight excluding hydrogens is 804 g/mol. The molecule has 13 N–H and O–H groups in total. The molecule has 0 amide bonds. The molecule has 0 unspecified atom stereocenters. The minimum Gasteiger partial charge on any atom is -0.479 e. The van der Waals surface area contributed by atoms with Crippen molar-refractivity contribution in [2.75, 3.05) is 13.2 Å². The van der Waals surface area contributed by atoms with Crippen LogP contribution in [0.15, 0.2) is 0 Å². The number of carboxylic acids is 1. The molecule has 0 spiro atoms. The molecule has 0 saturated carbocycles. The third-order valence-corrected chi connectivity index (χ3v) is 9.14. The van der Waals surface area contributed by atoms with Gasteiger partial charge in [0.2, 0.25) is 0 Å². The largest absolute Gasteiger partial charge is 0.479 e. The van der Waals surface area contributed by atoms with Gasteiger partial charge in [0.15, 0.2) is 31.1 Å². The fourth-order valence-electron chi connectivity index (χ4n) is 5.02. The van der Waals surface area contributed by atoms with Gasteiger partial charge in [-0.1, -0.05) is 0 Å². The highest BCUT2D eigenvalue weighted by Gasteiger charge is 2.57. The number of hydrogen-bond donors (Lipinski definition) is 13. The van der Waals surface area contributed by atoms with Crippen LogP contribution in [-0.4, -0.2) is 199 Å². The Bertz CT molecular complexity index is 1660. The van der Waals surface area contributed by atoms with E-state index < -0.39 is 153 Å². The summed E-state index contributed by atoms with van der Waals surface area (Å²) in [7, 11) is -21.7. The molecule has 51 heavy (non-hydrogen) atoms. The SMILES string of the molecule is O=C(O)[C@@H]1O[C@@H](O[C@H]2[C@H](O)[C@@H](NS(=O)(=O)O)[C@@H](O)O[C@@H]2COS(=O)(=O)O)[C@H](OS(=O)(=O)O)[C@@H](O)[C@@H]1O[C@H]1O[C@H](CO)[C@@H](O)[C@H](O)[C@H]1NS(=O)(=O)O. The van der Waals surface area contributed by atoms with E-state index in [1.54, 1.807) is 0 Å². The normalized spacial score (nSPS) is 40.2. The number of aliphatic hydroxyl groups excluding tert-OH is 6. The van der Waals surface area contributed by atoms with Crippen LogP contribution >= 0.6 is 0 Å². The van der Waals surface area contributed by atoms with Crippen LogP contribution in [0.1, 0.15) is 0 Å². The van der Waals surface area contributed by atoms with Gasteiger partial charge in [0.05, 0.1) is 13.2 Å². The van der Waals surface area contributed by atoms with Crippen LogP contribution in [0.5, 0.6) is 0 Å². The van der Waals surface area contributed by atoms with Crippen molar-refractivity contribution in [2.45, 2.75) is 92.0 Å². The van der Waals surface area contributed by atoms with Crippen LogP contribution in [0.4, 0.5) is 0 Å². The first-order chi connectivity index (χ1) is 23.1. The van der Waals surface area contributed by atoms with E-state index in [2.05, 4.69) is 8.37 Å². The van der Waals surface area contributed by atoms with Gasteiger partial charge >= 0.3 is 47.4 Å². The van der Waals surface area contributed by atoms with Crippen molar-refractivity contribution in [1.82, 2.24) is 9.44 Å². The minimum atomic E-state index is -5.77. The van der Waals surface area contributed by atoms with Crippen molar-refractivity contribution in [2.24, 2.45) is 0 Å². The molecule has 3 fully saturated rings. The van der Waals surface area contributed by atoms with E-state index in [1.165, 1.54) is 9.44 Å². The monoisotopic (exact) mass is 836 g/mol. The van der Waals surface area contributed by atoms with Crippen LogP contribution in [0.3, 0.4) is 0 Å². The maximum atomic E-state index is 12.3. The van der Waals surface area contributed by atoms with Crippen LogP contribution in [0.2, 0.25) is 0 Å². The molecule has 3 rings (SSSR count). The summed E-state index contributed by atoms with van der Waals surface area (Å²) < 4.78 is 165. The molecule has 3 heterocycles. The van der Waals surface area contributed by atoms with Crippen molar-refractivity contribution in [1.29, 1.82) is 0 Å². The van der Waals surface area contributed by atoms with E-state index in [-0.39, 0.29) is 0 Å². The van der Waals surface area contributed by atoms with Gasteiger partial charge in [0.1, 0.15) is 60.9 Å². The quantitative estimate of drug-likeness (QED) is 0.0681. The summed E-state index contributed by atoms with van der Waals surface area (Å²) in [6, 6.07) is -4.63. The Morgan fingerprint density at radius 1 is 0.627 bits per heavy atom. The van der Waals surface area contributed by atoms with Gasteiger partial charge in [-0.25, -0.2) is 13.2 Å². The van der Waals surface area contributed by atoms with Crippen LogP contribution in [-0.2, 0) is 78.3 Å². The third-order valence-electron chi connectivity index (χ3n) is 7.10. The minimum absolute atomic E-state index is 1.12. The van der Waals surface area contributed by atoms with Crippen molar-refractivity contribution in [3.05, 3.63) is 0 Å². The lowest BCUT2D eigenvalue weighted by molar-refractivity contribution is -0.357. The van der Waals surface area contributed by atoms with Gasteiger partial charge in [-0.3, -0.25) is 18.2 Å². The Balaban J connectivity index is 2.05. The maximum Gasteiger partial charge on any atom is 0.397 e. The molecule has 3 aliphatic rings. The van der Waals surface area contributed by atoms with Gasteiger partial charge < -0.3 is 59.4 Å². The second-order valence-corrected chi connectivity index (χ2v) is 15.2. The second-order valence-electron chi connectivity index (χ2n) is 10.7. The van der Waals surface area contributed by atoms with Crippen molar-refractivity contribution in [3.8, 4) is 0 Å². The summed E-state index contributed by atoms with van der Waals surface area (Å²) in [5.74, 6) is -2.15. The molecule has 29 nitrogen and oxygen atoms in total. The van der Waals surface area contributed by atoms with Gasteiger partial charge in [-0.2, -0.15) is 43.1 Å². The van der Waals surface area contributed by atoms with Crippen LogP contribution in [0.25, 0.3) is 0 Å². The highest BCUT2D eigenvalue weighted by molar-refractivity contribution is 7.84. The molecule has 15 atom stereocenters. The summed E-state index contributed by atoms with van der Waals surface area (Å²) >= 11 is 0. The fraction of sp³-hybridized carbons (Fsp3) is 0.944. The zero-order chi connectivity index (χ0) is 39.0. The predicted molar refractivity (Wildman–Crippen MR) is 148 cm³/mol. The smallest absolute Gasteiger partial charge is 0.397 e. The first kappa shape index (κ1) is 43.9. The van der Waals surface area contributed by atoms with E-state index >= 15 is 0 Å². The van der Waals surface area contributed by atoms with Crippen molar-refractivity contribution < 1.29 is 124 Å². The molecular formula is C18H32N2O27S4. The van der Waals surface area contributed by atoms with Gasteiger partial charge in [-0.05, 0) is 0 Å². The zero-order valence-electron chi connectivity index (χ0n) is 24.7. The average molecular weight is 837 g/mol. The molecule has 0 aliphatic carbocycles. The number of nitrogens with one attached hydrogen (secondary N) is 2. The van der Waals surface area contributed by atoms with E-state index in [4.69, 9.17) is 32.8 Å². The third kappa shape index (κ3) is 12.0. The maximum absolute atomic E-state index is 12.3. The summed E-state index contributed by atoms with van der Waals surface area (Å²) in [5.41, 5.74) is 0. The Morgan fingerprint density at radius 3 is 1.67 bits per heavy atom. The number of aliphatic hydroxyl groups is 6. The zero-order valence-corrected chi connectivity index (χ0v) is 27.9. The van der Waals surface area contributed by atoms with E-state index in [1.807, 2.05) is 0 Å². The molecule has 0 radical (unpaired) electrons. The van der Waals surface area contributed by atoms with Crippen molar-refractivity contribution >= 4 is 47.4 Å². The number of carbonyl (C=O) groups is 1. The van der Waals surface area contributed by atoms with Gasteiger partial charge in [-0.15, -0.1) is 0 Å². The fourth-order valence-corrected chi connectivity index (χ4v) is 7.01. The number of rotatable bonds is 15. The van der Waals surface area contributed by atoms with E-state index in [0.29, 0.717) is 0 Å². The summed E-state index contributed by atoms with van der Waals surface area (Å²) in [6.45, 7) is -2.55. The lowest BCUT2D eigenvalue weighted by Crippen LogP contribution is -2.69. The summed E-state index contributed by atoms with van der Waals surface area (Å²) in [5, 5.41) is 72.1. The topological polar surface area (TPSA) is 465 Å². The highest BCUT2D eigenvalue weighted by Crippen LogP contribution is 2.34. The number of aliphatic carboxylic acids is 1. The molecule has 33 heteroatoms. The van der Waals surface area contributed by atoms with Crippen molar-refractivity contribution in [3.63, 3.8) is 0 Å². The number of carboxylic acid groups (broad SMARTS) is 1. The Hall–Kier alpha value is -1.49. The Kier molecular flexibility index (Phi) is 14.2. The lowest BCUT2D eigenvalue weighted by atomic mass is 9.95. The van der Waals surface area contributed by atoms with Gasteiger partial charge in [0, 0.05) is 0 Å². The molecule has 0 bridgehead atoms. The number of hydrogen-bond acceptors (Lipinski definition) is 22. The van der Waals surface area contributed by atoms with E-state index in [0.717, 1.165) is 0 Å². The van der Waals surface area contributed by atoms with Crippen LogP contribution < -0.4 is 9.44 Å². The molecule has 0 aromatic rings. The first-order valence-electron chi connectivity index (χ1n) is 13.4. The first-order valence-corrected chi connectivity index (χ1v) is 19.0. The predicted octanol–water partition coefficient (Wildman–Crippen LogP) is -9.03. The molecule has 3 aliphatic heterocycles. The Labute approximate surface area is 286 Å². The lowest BCUT2D eigenvalue weighted by Gasteiger charge is -2.48. The Morgan fingerprint density at radius 2 is 1.18 bits per heavy atom. The average Bonchev–Trinajstić information content (AvgIpc) is 2.95. The van der Waals surface area contributed by atoms with Gasteiger partial charge in [0.25, 0.3) is 0 Å². The molecule has 0 aromatic carbocycles. The summed E-state index contributed by atoms with van der Waals surface area (Å²) in [4.78, 5) is 12.3.